The van der Waals surface area contributed by atoms with E-state index in [-0.39, 0.29) is 11.4 Å². The average molecular weight is 227 g/mol. The van der Waals surface area contributed by atoms with Crippen molar-refractivity contribution in [1.29, 1.82) is 0 Å². The molecule has 0 aliphatic heterocycles. The first-order valence-corrected chi connectivity index (χ1v) is 6.05. The molecule has 0 atom stereocenters. The van der Waals surface area contributed by atoms with Gasteiger partial charge in [0.1, 0.15) is 5.82 Å². The minimum atomic E-state index is -0.140. The van der Waals surface area contributed by atoms with Gasteiger partial charge in [0.2, 0.25) is 0 Å². The average Bonchev–Trinajstić information content (AvgIpc) is 2.09. The van der Waals surface area contributed by atoms with Gasteiger partial charge in [-0.3, -0.25) is 0 Å². The van der Waals surface area contributed by atoms with E-state index in [0.717, 1.165) is 17.1 Å². The van der Waals surface area contributed by atoms with Gasteiger partial charge in [-0.2, -0.15) is 0 Å². The molecule has 0 aliphatic rings. The van der Waals surface area contributed by atoms with Crippen LogP contribution < -0.4 is 5.73 Å². The van der Waals surface area contributed by atoms with E-state index in [9.17, 15) is 4.39 Å². The van der Waals surface area contributed by atoms with Crippen molar-refractivity contribution in [2.75, 3.05) is 5.75 Å². The molecular formula is C12H18FNS. The first-order valence-electron chi connectivity index (χ1n) is 5.06. The summed E-state index contributed by atoms with van der Waals surface area (Å²) < 4.78 is 13.0. The van der Waals surface area contributed by atoms with Crippen LogP contribution in [0.1, 0.15) is 25.8 Å². The van der Waals surface area contributed by atoms with Crippen molar-refractivity contribution >= 4 is 11.8 Å². The summed E-state index contributed by atoms with van der Waals surface area (Å²) in [5.41, 5.74) is 6.46. The lowest BCUT2D eigenvalue weighted by Crippen LogP contribution is -2.32. The molecule has 1 nitrogen and oxygen atoms in total. The second kappa shape index (κ2) is 4.99. The topological polar surface area (TPSA) is 26.0 Å². The predicted octanol–water partition coefficient (Wildman–Crippen LogP) is 3.35. The normalized spacial score (nSPS) is 11.8. The van der Waals surface area contributed by atoms with E-state index in [1.165, 1.54) is 6.07 Å². The predicted molar refractivity (Wildman–Crippen MR) is 64.7 cm³/mol. The van der Waals surface area contributed by atoms with E-state index >= 15 is 0 Å². The number of aryl methyl sites for hydroxylation is 1. The number of hydrogen-bond acceptors (Lipinski definition) is 2. The molecule has 0 amide bonds. The molecule has 1 aromatic carbocycles. The second-order valence-electron chi connectivity index (χ2n) is 4.50. The molecule has 3 heteroatoms. The van der Waals surface area contributed by atoms with Crippen molar-refractivity contribution in [3.8, 4) is 0 Å². The van der Waals surface area contributed by atoms with Gasteiger partial charge in [0, 0.05) is 10.4 Å². The SMILES string of the molecule is Cc1cc(SCCC(C)(C)N)ccc1F. The van der Waals surface area contributed by atoms with Gasteiger partial charge in [-0.15, -0.1) is 11.8 Å². The molecule has 0 radical (unpaired) electrons. The van der Waals surface area contributed by atoms with Crippen LogP contribution in [0.15, 0.2) is 23.1 Å². The number of halogens is 1. The zero-order valence-electron chi connectivity index (χ0n) is 9.51. The maximum Gasteiger partial charge on any atom is 0.126 e. The Morgan fingerprint density at radius 3 is 2.60 bits per heavy atom. The van der Waals surface area contributed by atoms with Crippen LogP contribution in [0, 0.1) is 12.7 Å². The molecule has 2 N–H and O–H groups in total. The third kappa shape index (κ3) is 4.67. The molecule has 0 fully saturated rings. The summed E-state index contributed by atoms with van der Waals surface area (Å²) >= 11 is 1.72. The number of rotatable bonds is 4. The summed E-state index contributed by atoms with van der Waals surface area (Å²) in [6, 6.07) is 5.21. The quantitative estimate of drug-likeness (QED) is 0.798. The molecule has 1 rings (SSSR count). The number of thioether (sulfide) groups is 1. The highest BCUT2D eigenvalue weighted by Gasteiger charge is 2.10. The highest BCUT2D eigenvalue weighted by Crippen LogP contribution is 2.22. The van der Waals surface area contributed by atoms with Crippen LogP contribution in [0.3, 0.4) is 0 Å². The zero-order chi connectivity index (χ0) is 11.5. The lowest BCUT2D eigenvalue weighted by molar-refractivity contribution is 0.506. The molecule has 0 saturated carbocycles. The Labute approximate surface area is 95.2 Å². The van der Waals surface area contributed by atoms with Gasteiger partial charge in [-0.25, -0.2) is 4.39 Å². The highest BCUT2D eigenvalue weighted by atomic mass is 32.2. The zero-order valence-corrected chi connectivity index (χ0v) is 10.3. The van der Waals surface area contributed by atoms with E-state index in [1.807, 2.05) is 26.0 Å². The van der Waals surface area contributed by atoms with Crippen LogP contribution in [-0.4, -0.2) is 11.3 Å². The third-order valence-corrected chi connectivity index (χ3v) is 3.14. The first-order chi connectivity index (χ1) is 6.88. The molecule has 1 aromatic rings. The Balaban J connectivity index is 2.48. The van der Waals surface area contributed by atoms with Crippen LogP contribution in [0.4, 0.5) is 4.39 Å². The van der Waals surface area contributed by atoms with Crippen molar-refractivity contribution in [1.82, 2.24) is 0 Å². The van der Waals surface area contributed by atoms with Crippen LogP contribution >= 0.6 is 11.8 Å². The Hall–Kier alpha value is -0.540. The Morgan fingerprint density at radius 1 is 1.40 bits per heavy atom. The summed E-state index contributed by atoms with van der Waals surface area (Å²) in [4.78, 5) is 1.11. The summed E-state index contributed by atoms with van der Waals surface area (Å²) in [7, 11) is 0. The van der Waals surface area contributed by atoms with E-state index < -0.39 is 0 Å². The molecule has 0 aliphatic carbocycles. The Morgan fingerprint density at radius 2 is 2.07 bits per heavy atom. The summed E-state index contributed by atoms with van der Waals surface area (Å²) in [6.07, 6.45) is 0.952. The van der Waals surface area contributed by atoms with Gasteiger partial charge in [-0.1, -0.05) is 0 Å². The Bertz CT molecular complexity index is 331. The van der Waals surface area contributed by atoms with Crippen molar-refractivity contribution in [3.63, 3.8) is 0 Å². The fraction of sp³-hybridized carbons (Fsp3) is 0.500. The lowest BCUT2D eigenvalue weighted by Gasteiger charge is -2.17. The number of hydrogen-bond donors (Lipinski definition) is 1. The number of benzene rings is 1. The number of nitrogens with two attached hydrogens (primary N) is 1. The summed E-state index contributed by atoms with van der Waals surface area (Å²) in [5, 5.41) is 0. The molecule has 15 heavy (non-hydrogen) atoms. The van der Waals surface area contributed by atoms with E-state index in [2.05, 4.69) is 0 Å². The fourth-order valence-electron chi connectivity index (χ4n) is 1.14. The molecule has 0 saturated heterocycles. The molecule has 0 aromatic heterocycles. The van der Waals surface area contributed by atoms with Crippen LogP contribution in [-0.2, 0) is 0 Å². The van der Waals surface area contributed by atoms with Crippen molar-refractivity contribution in [3.05, 3.63) is 29.6 Å². The molecule has 0 unspecified atom stereocenters. The van der Waals surface area contributed by atoms with E-state index in [0.29, 0.717) is 5.56 Å². The summed E-state index contributed by atoms with van der Waals surface area (Å²) in [5.74, 6) is 0.827. The van der Waals surface area contributed by atoms with Crippen molar-refractivity contribution in [2.45, 2.75) is 37.6 Å². The minimum Gasteiger partial charge on any atom is -0.326 e. The molecule has 0 bridgehead atoms. The monoisotopic (exact) mass is 227 g/mol. The standard InChI is InChI=1S/C12H18FNS/c1-9-8-10(4-5-11(9)13)15-7-6-12(2,3)14/h4-5,8H,6-7,14H2,1-3H3. The molecule has 0 heterocycles. The van der Waals surface area contributed by atoms with Gasteiger partial charge in [0.05, 0.1) is 0 Å². The Kier molecular flexibility index (Phi) is 4.17. The van der Waals surface area contributed by atoms with E-state index in [4.69, 9.17) is 5.73 Å². The van der Waals surface area contributed by atoms with Gasteiger partial charge in [0.25, 0.3) is 0 Å². The maximum atomic E-state index is 13.0. The smallest absolute Gasteiger partial charge is 0.126 e. The van der Waals surface area contributed by atoms with Gasteiger partial charge >= 0.3 is 0 Å². The highest BCUT2D eigenvalue weighted by molar-refractivity contribution is 7.99. The van der Waals surface area contributed by atoms with Crippen LogP contribution in [0.5, 0.6) is 0 Å². The first kappa shape index (κ1) is 12.5. The van der Waals surface area contributed by atoms with Crippen molar-refractivity contribution < 1.29 is 4.39 Å². The van der Waals surface area contributed by atoms with Gasteiger partial charge in [-0.05, 0) is 56.7 Å². The van der Waals surface area contributed by atoms with Crippen LogP contribution in [0.2, 0.25) is 0 Å². The van der Waals surface area contributed by atoms with Crippen LogP contribution in [0.25, 0.3) is 0 Å². The molecular weight excluding hydrogens is 209 g/mol. The van der Waals surface area contributed by atoms with E-state index in [1.54, 1.807) is 18.7 Å². The second-order valence-corrected chi connectivity index (χ2v) is 5.67. The van der Waals surface area contributed by atoms with Crippen molar-refractivity contribution in [2.24, 2.45) is 5.73 Å². The third-order valence-electron chi connectivity index (χ3n) is 2.14. The maximum absolute atomic E-state index is 13.0. The fourth-order valence-corrected chi connectivity index (χ4v) is 2.43. The molecule has 84 valence electrons. The van der Waals surface area contributed by atoms with Gasteiger partial charge in [0.15, 0.2) is 0 Å². The summed E-state index contributed by atoms with van der Waals surface area (Å²) in [6.45, 7) is 5.82. The minimum absolute atomic E-state index is 0.123. The lowest BCUT2D eigenvalue weighted by atomic mass is 10.0. The largest absolute Gasteiger partial charge is 0.326 e. The molecule has 0 spiro atoms. The van der Waals surface area contributed by atoms with Gasteiger partial charge < -0.3 is 5.73 Å².